The van der Waals surface area contributed by atoms with Crippen molar-refractivity contribution in [3.63, 3.8) is 0 Å². The molecule has 0 aliphatic carbocycles. The number of carbonyl (C=O) groups excluding carboxylic acids is 1. The molecule has 3 nitrogen and oxygen atoms in total. The van der Waals surface area contributed by atoms with Gasteiger partial charge in [0, 0.05) is 12.0 Å². The van der Waals surface area contributed by atoms with Gasteiger partial charge < -0.3 is 0 Å². The summed E-state index contributed by atoms with van der Waals surface area (Å²) < 4.78 is 0. The van der Waals surface area contributed by atoms with E-state index in [9.17, 15) is 4.79 Å². The standard InChI is InChI=1S/C15H22N2O/c1-5-6-7-15(18)17-16-13(4)14-9-8-11(2)10-12(14)3/h8-10H,5-7H2,1-4H3,(H,17,18). The van der Waals surface area contributed by atoms with E-state index in [2.05, 4.69) is 43.4 Å². The van der Waals surface area contributed by atoms with E-state index >= 15 is 0 Å². The first kappa shape index (κ1) is 14.4. The van der Waals surface area contributed by atoms with Crippen LogP contribution in [0.4, 0.5) is 0 Å². The number of benzene rings is 1. The summed E-state index contributed by atoms with van der Waals surface area (Å²) in [5.41, 5.74) is 6.94. The van der Waals surface area contributed by atoms with Gasteiger partial charge in [0.2, 0.25) is 5.91 Å². The number of unbranched alkanes of at least 4 members (excludes halogenated alkanes) is 1. The van der Waals surface area contributed by atoms with Crippen LogP contribution in [0.5, 0.6) is 0 Å². The second kappa shape index (κ2) is 6.94. The van der Waals surface area contributed by atoms with E-state index in [-0.39, 0.29) is 5.91 Å². The zero-order valence-corrected chi connectivity index (χ0v) is 11.7. The Kier molecular flexibility index (Phi) is 5.56. The summed E-state index contributed by atoms with van der Waals surface area (Å²) in [6.45, 7) is 8.10. The largest absolute Gasteiger partial charge is 0.273 e. The molecule has 0 saturated heterocycles. The minimum atomic E-state index is -0.0130. The van der Waals surface area contributed by atoms with Crippen molar-refractivity contribution in [3.05, 3.63) is 34.9 Å². The first-order valence-electron chi connectivity index (χ1n) is 6.45. The summed E-state index contributed by atoms with van der Waals surface area (Å²) in [7, 11) is 0. The Morgan fingerprint density at radius 3 is 2.67 bits per heavy atom. The highest BCUT2D eigenvalue weighted by Crippen LogP contribution is 2.11. The van der Waals surface area contributed by atoms with Crippen LogP contribution in [-0.4, -0.2) is 11.6 Å². The number of carbonyl (C=O) groups is 1. The fourth-order valence-corrected chi connectivity index (χ4v) is 1.82. The molecular formula is C15H22N2O. The number of nitrogens with one attached hydrogen (secondary N) is 1. The molecule has 0 aliphatic rings. The normalized spacial score (nSPS) is 11.4. The maximum Gasteiger partial charge on any atom is 0.240 e. The third-order valence-electron chi connectivity index (χ3n) is 2.88. The quantitative estimate of drug-likeness (QED) is 0.628. The molecule has 18 heavy (non-hydrogen) atoms. The summed E-state index contributed by atoms with van der Waals surface area (Å²) in [4.78, 5) is 11.5. The molecule has 1 amide bonds. The molecule has 3 heteroatoms. The van der Waals surface area contributed by atoms with Crippen LogP contribution in [-0.2, 0) is 4.79 Å². The number of rotatable bonds is 5. The minimum absolute atomic E-state index is 0.0130. The van der Waals surface area contributed by atoms with Gasteiger partial charge in [0.1, 0.15) is 0 Å². The second-order valence-electron chi connectivity index (χ2n) is 4.65. The lowest BCUT2D eigenvalue weighted by Crippen LogP contribution is -2.19. The molecule has 0 fully saturated rings. The van der Waals surface area contributed by atoms with Crippen molar-refractivity contribution in [2.45, 2.75) is 47.0 Å². The number of hydrazone groups is 1. The van der Waals surface area contributed by atoms with Crippen molar-refractivity contribution in [2.75, 3.05) is 0 Å². The Morgan fingerprint density at radius 1 is 1.33 bits per heavy atom. The van der Waals surface area contributed by atoms with Crippen LogP contribution in [0.25, 0.3) is 0 Å². The summed E-state index contributed by atoms with van der Waals surface area (Å²) in [6.07, 6.45) is 2.47. The van der Waals surface area contributed by atoms with E-state index in [4.69, 9.17) is 0 Å². The summed E-state index contributed by atoms with van der Waals surface area (Å²) >= 11 is 0. The topological polar surface area (TPSA) is 41.5 Å². The lowest BCUT2D eigenvalue weighted by atomic mass is 10.0. The van der Waals surface area contributed by atoms with Crippen LogP contribution in [0.3, 0.4) is 0 Å². The number of hydrogen-bond donors (Lipinski definition) is 1. The van der Waals surface area contributed by atoms with Crippen LogP contribution in [0.1, 0.15) is 49.8 Å². The molecule has 0 heterocycles. The van der Waals surface area contributed by atoms with Crippen molar-refractivity contribution in [1.29, 1.82) is 0 Å². The third kappa shape index (κ3) is 4.32. The molecule has 0 saturated carbocycles. The van der Waals surface area contributed by atoms with Crippen molar-refractivity contribution in [2.24, 2.45) is 5.10 Å². The van der Waals surface area contributed by atoms with E-state index in [1.54, 1.807) is 0 Å². The molecule has 0 aromatic heterocycles. The predicted molar refractivity (Wildman–Crippen MR) is 75.8 cm³/mol. The van der Waals surface area contributed by atoms with Gasteiger partial charge in [-0.15, -0.1) is 0 Å². The molecule has 1 aromatic carbocycles. The Balaban J connectivity index is 2.68. The molecule has 0 radical (unpaired) electrons. The lowest BCUT2D eigenvalue weighted by Gasteiger charge is -2.07. The molecule has 1 aromatic rings. The fraction of sp³-hybridized carbons (Fsp3) is 0.467. The van der Waals surface area contributed by atoms with Gasteiger partial charge in [-0.1, -0.05) is 37.1 Å². The monoisotopic (exact) mass is 246 g/mol. The van der Waals surface area contributed by atoms with E-state index < -0.39 is 0 Å². The maximum absolute atomic E-state index is 11.5. The van der Waals surface area contributed by atoms with Gasteiger partial charge in [0.25, 0.3) is 0 Å². The number of nitrogens with zero attached hydrogens (tertiary/aromatic N) is 1. The van der Waals surface area contributed by atoms with E-state index in [1.165, 1.54) is 11.1 Å². The van der Waals surface area contributed by atoms with Crippen LogP contribution in [0.15, 0.2) is 23.3 Å². The van der Waals surface area contributed by atoms with Gasteiger partial charge >= 0.3 is 0 Å². The highest BCUT2D eigenvalue weighted by molar-refractivity contribution is 6.00. The average molecular weight is 246 g/mol. The Labute approximate surface area is 109 Å². The van der Waals surface area contributed by atoms with E-state index in [1.807, 2.05) is 13.0 Å². The molecule has 1 rings (SSSR count). The van der Waals surface area contributed by atoms with Crippen LogP contribution in [0, 0.1) is 13.8 Å². The van der Waals surface area contributed by atoms with E-state index in [0.717, 1.165) is 24.1 Å². The Bertz CT molecular complexity index is 450. The Hall–Kier alpha value is -1.64. The zero-order valence-electron chi connectivity index (χ0n) is 11.7. The molecule has 0 atom stereocenters. The number of amides is 1. The zero-order chi connectivity index (χ0) is 13.5. The van der Waals surface area contributed by atoms with Crippen LogP contribution < -0.4 is 5.43 Å². The molecule has 0 aliphatic heterocycles. The first-order valence-corrected chi connectivity index (χ1v) is 6.45. The van der Waals surface area contributed by atoms with Gasteiger partial charge in [-0.3, -0.25) is 4.79 Å². The molecule has 98 valence electrons. The maximum atomic E-state index is 11.5. The minimum Gasteiger partial charge on any atom is -0.273 e. The van der Waals surface area contributed by atoms with Crippen molar-refractivity contribution >= 4 is 11.6 Å². The Morgan fingerprint density at radius 2 is 2.06 bits per heavy atom. The lowest BCUT2D eigenvalue weighted by molar-refractivity contribution is -0.121. The smallest absolute Gasteiger partial charge is 0.240 e. The number of hydrogen-bond acceptors (Lipinski definition) is 2. The molecule has 0 unspecified atom stereocenters. The van der Waals surface area contributed by atoms with Crippen molar-refractivity contribution in [1.82, 2.24) is 5.43 Å². The highest BCUT2D eigenvalue weighted by Gasteiger charge is 2.03. The summed E-state index contributed by atoms with van der Waals surface area (Å²) in [5.74, 6) is -0.0130. The molecular weight excluding hydrogens is 224 g/mol. The SMILES string of the molecule is CCCCC(=O)NN=C(C)c1ccc(C)cc1C. The molecule has 1 N–H and O–H groups in total. The third-order valence-corrected chi connectivity index (χ3v) is 2.88. The van der Waals surface area contributed by atoms with Gasteiger partial charge in [-0.2, -0.15) is 5.10 Å². The highest BCUT2D eigenvalue weighted by atomic mass is 16.2. The van der Waals surface area contributed by atoms with Gasteiger partial charge in [0.15, 0.2) is 0 Å². The fourth-order valence-electron chi connectivity index (χ4n) is 1.82. The summed E-state index contributed by atoms with van der Waals surface area (Å²) in [5, 5.41) is 4.15. The van der Waals surface area contributed by atoms with Gasteiger partial charge in [0.05, 0.1) is 5.71 Å². The van der Waals surface area contributed by atoms with Crippen LogP contribution in [0.2, 0.25) is 0 Å². The second-order valence-corrected chi connectivity index (χ2v) is 4.65. The van der Waals surface area contributed by atoms with Gasteiger partial charge in [-0.05, 0) is 32.8 Å². The average Bonchev–Trinajstić information content (AvgIpc) is 2.33. The molecule has 0 bridgehead atoms. The van der Waals surface area contributed by atoms with Crippen molar-refractivity contribution in [3.8, 4) is 0 Å². The molecule has 0 spiro atoms. The van der Waals surface area contributed by atoms with E-state index in [0.29, 0.717) is 6.42 Å². The first-order chi connectivity index (χ1) is 8.54. The summed E-state index contributed by atoms with van der Waals surface area (Å²) in [6, 6.07) is 6.22. The van der Waals surface area contributed by atoms with Crippen LogP contribution >= 0.6 is 0 Å². The van der Waals surface area contributed by atoms with Gasteiger partial charge in [-0.25, -0.2) is 5.43 Å². The predicted octanol–water partition coefficient (Wildman–Crippen LogP) is 3.33. The number of aryl methyl sites for hydroxylation is 2. The van der Waals surface area contributed by atoms with Crippen molar-refractivity contribution < 1.29 is 4.79 Å².